The van der Waals surface area contributed by atoms with Crippen LogP contribution in [0.1, 0.15) is 43.2 Å². The first-order valence-electron chi connectivity index (χ1n) is 9.97. The summed E-state index contributed by atoms with van der Waals surface area (Å²) in [6.07, 6.45) is 3.25. The van der Waals surface area contributed by atoms with Crippen molar-refractivity contribution in [2.75, 3.05) is 13.7 Å². The van der Waals surface area contributed by atoms with Gasteiger partial charge in [0.15, 0.2) is 0 Å². The second-order valence-electron chi connectivity index (χ2n) is 7.70. The van der Waals surface area contributed by atoms with E-state index in [4.69, 9.17) is 9.15 Å². The van der Waals surface area contributed by atoms with Crippen molar-refractivity contribution < 1.29 is 23.8 Å². The summed E-state index contributed by atoms with van der Waals surface area (Å²) >= 11 is 0. The Hall–Kier alpha value is -2.83. The Balaban J connectivity index is 1.56. The van der Waals surface area contributed by atoms with Crippen LogP contribution >= 0.6 is 0 Å². The Morgan fingerprint density at radius 3 is 2.62 bits per heavy atom. The van der Waals surface area contributed by atoms with Crippen LogP contribution in [-0.4, -0.2) is 25.5 Å². The fourth-order valence-electron chi connectivity index (χ4n) is 3.98. The van der Waals surface area contributed by atoms with Gasteiger partial charge in [-0.1, -0.05) is 0 Å². The fraction of sp³-hybridized carbons (Fsp3) is 0.500. The lowest BCUT2D eigenvalue weighted by Crippen LogP contribution is -2.36. The largest absolute Gasteiger partial charge is 0.550 e. The normalized spacial score (nSPS) is 19.1. The Morgan fingerprint density at radius 1 is 1.24 bits per heavy atom. The van der Waals surface area contributed by atoms with Crippen LogP contribution in [0.3, 0.4) is 0 Å². The minimum atomic E-state index is -0.976. The molecule has 1 fully saturated rings. The Kier molecular flexibility index (Phi) is 6.56. The van der Waals surface area contributed by atoms with Gasteiger partial charge in [0.1, 0.15) is 11.3 Å². The van der Waals surface area contributed by atoms with E-state index < -0.39 is 11.6 Å². The van der Waals surface area contributed by atoms with E-state index in [1.54, 1.807) is 19.2 Å². The van der Waals surface area contributed by atoms with E-state index in [0.717, 1.165) is 23.8 Å². The van der Waals surface area contributed by atoms with Gasteiger partial charge < -0.3 is 24.4 Å². The topological polar surface area (TPSA) is 109 Å². The van der Waals surface area contributed by atoms with Gasteiger partial charge in [0.2, 0.25) is 5.91 Å². The van der Waals surface area contributed by atoms with Gasteiger partial charge in [-0.25, -0.2) is 4.79 Å². The smallest absolute Gasteiger partial charge is 0.339 e. The summed E-state index contributed by atoms with van der Waals surface area (Å²) in [6, 6.07) is 5.33. The second kappa shape index (κ2) is 9.11. The van der Waals surface area contributed by atoms with Crippen LogP contribution in [-0.2, 0) is 16.0 Å². The quantitative estimate of drug-likeness (QED) is 0.709. The van der Waals surface area contributed by atoms with Crippen molar-refractivity contribution in [1.29, 1.82) is 0 Å². The summed E-state index contributed by atoms with van der Waals surface area (Å²) in [4.78, 5) is 35.5. The summed E-state index contributed by atoms with van der Waals surface area (Å²) in [5, 5.41) is 14.6. The van der Waals surface area contributed by atoms with Crippen LogP contribution in [0.4, 0.5) is 0 Å². The molecule has 0 radical (unpaired) electrons. The van der Waals surface area contributed by atoms with Crippen molar-refractivity contribution in [2.45, 2.75) is 45.4 Å². The van der Waals surface area contributed by atoms with E-state index in [1.165, 1.54) is 0 Å². The van der Waals surface area contributed by atoms with Gasteiger partial charge in [0.25, 0.3) is 0 Å². The molecule has 0 bridgehead atoms. The predicted octanol–water partition coefficient (Wildman–Crippen LogP) is 1.72. The molecule has 3 rings (SSSR count). The molecule has 7 nitrogen and oxygen atoms in total. The van der Waals surface area contributed by atoms with E-state index >= 15 is 0 Å². The van der Waals surface area contributed by atoms with E-state index in [9.17, 15) is 19.5 Å². The minimum absolute atomic E-state index is 0.124. The van der Waals surface area contributed by atoms with E-state index in [2.05, 4.69) is 5.32 Å². The third-order valence-corrected chi connectivity index (χ3v) is 5.86. The lowest BCUT2D eigenvalue weighted by atomic mass is 9.82. The number of amides is 1. The zero-order valence-electron chi connectivity index (χ0n) is 16.8. The number of carbonyl (C=O) groups excluding carboxylic acids is 2. The molecule has 1 aromatic heterocycles. The molecule has 29 heavy (non-hydrogen) atoms. The molecule has 1 N–H and O–H groups in total. The molecule has 7 heteroatoms. The number of aliphatic carboxylic acids is 1. The van der Waals surface area contributed by atoms with Gasteiger partial charge in [0.05, 0.1) is 7.11 Å². The van der Waals surface area contributed by atoms with Crippen LogP contribution < -0.4 is 20.8 Å². The fourth-order valence-corrected chi connectivity index (χ4v) is 3.98. The third kappa shape index (κ3) is 4.96. The summed E-state index contributed by atoms with van der Waals surface area (Å²) in [7, 11) is 1.55. The number of hydrogen-bond donors (Lipinski definition) is 1. The van der Waals surface area contributed by atoms with Gasteiger partial charge in [-0.05, 0) is 68.6 Å². The number of methoxy groups -OCH3 is 1. The molecule has 2 aromatic rings. The molecular formula is C22H26NO6-. The molecule has 0 unspecified atom stereocenters. The van der Waals surface area contributed by atoms with Crippen LogP contribution in [0.5, 0.6) is 5.75 Å². The van der Waals surface area contributed by atoms with Gasteiger partial charge in [-0.15, -0.1) is 0 Å². The van der Waals surface area contributed by atoms with Crippen molar-refractivity contribution in [3.05, 3.63) is 39.7 Å². The lowest BCUT2D eigenvalue weighted by Gasteiger charge is -2.29. The van der Waals surface area contributed by atoms with Crippen molar-refractivity contribution >= 4 is 22.8 Å². The van der Waals surface area contributed by atoms with E-state index in [0.29, 0.717) is 42.7 Å². The molecule has 0 aliphatic heterocycles. The molecular weight excluding hydrogens is 374 g/mol. The number of ether oxygens (including phenoxy) is 1. The van der Waals surface area contributed by atoms with Crippen LogP contribution in [0.15, 0.2) is 27.4 Å². The number of carbonyl (C=O) groups is 2. The maximum atomic E-state index is 12.4. The van der Waals surface area contributed by atoms with Crippen molar-refractivity contribution in [1.82, 2.24) is 5.32 Å². The minimum Gasteiger partial charge on any atom is -0.550 e. The highest BCUT2D eigenvalue weighted by molar-refractivity contribution is 5.82. The number of aryl methyl sites for hydroxylation is 1. The molecule has 0 atom stereocenters. The summed E-state index contributed by atoms with van der Waals surface area (Å²) in [6.45, 7) is 2.39. The molecule has 156 valence electrons. The van der Waals surface area contributed by atoms with Gasteiger partial charge >= 0.3 is 5.63 Å². The molecule has 0 spiro atoms. The number of hydrogen-bond acceptors (Lipinski definition) is 6. The zero-order chi connectivity index (χ0) is 21.0. The molecule has 1 aliphatic carbocycles. The lowest BCUT2D eigenvalue weighted by molar-refractivity contribution is -0.312. The van der Waals surface area contributed by atoms with E-state index in [1.807, 2.05) is 13.0 Å². The molecule has 1 aromatic carbocycles. The monoisotopic (exact) mass is 400 g/mol. The van der Waals surface area contributed by atoms with E-state index in [-0.39, 0.29) is 24.2 Å². The molecule has 1 heterocycles. The highest BCUT2D eigenvalue weighted by atomic mass is 16.5. The Bertz CT molecular complexity index is 956. The van der Waals surface area contributed by atoms with Crippen LogP contribution in [0.25, 0.3) is 11.0 Å². The maximum Gasteiger partial charge on any atom is 0.339 e. The summed E-state index contributed by atoms with van der Waals surface area (Å²) in [5.41, 5.74) is 1.35. The number of carboxylic acid groups (broad SMARTS) is 1. The average molecular weight is 400 g/mol. The third-order valence-electron chi connectivity index (χ3n) is 5.86. The van der Waals surface area contributed by atoms with Gasteiger partial charge in [-0.3, -0.25) is 4.79 Å². The van der Waals surface area contributed by atoms with Crippen molar-refractivity contribution in [2.24, 2.45) is 11.8 Å². The first kappa shape index (κ1) is 20.9. The first-order valence-corrected chi connectivity index (χ1v) is 9.97. The van der Waals surface area contributed by atoms with Crippen LogP contribution in [0.2, 0.25) is 0 Å². The highest BCUT2D eigenvalue weighted by Crippen LogP contribution is 2.28. The maximum absolute atomic E-state index is 12.4. The number of benzene rings is 1. The Labute approximate surface area is 169 Å². The summed E-state index contributed by atoms with van der Waals surface area (Å²) < 4.78 is 10.6. The predicted molar refractivity (Wildman–Crippen MR) is 106 cm³/mol. The SMILES string of the molecule is COc1ccc2c(C)c(CCC(=O)NCC3CCC(C(=O)[O-])CC3)c(=O)oc2c1. The Morgan fingerprint density at radius 2 is 1.97 bits per heavy atom. The highest BCUT2D eigenvalue weighted by Gasteiger charge is 2.22. The number of fused-ring (bicyclic) bond motifs is 1. The first-order chi connectivity index (χ1) is 13.9. The number of rotatable bonds is 7. The zero-order valence-corrected chi connectivity index (χ0v) is 16.8. The van der Waals surface area contributed by atoms with Gasteiger partial charge in [0, 0.05) is 36.0 Å². The van der Waals surface area contributed by atoms with Gasteiger partial charge in [-0.2, -0.15) is 0 Å². The molecule has 1 aliphatic rings. The second-order valence-corrected chi connectivity index (χ2v) is 7.70. The molecule has 1 amide bonds. The number of carboxylic acids is 1. The average Bonchev–Trinajstić information content (AvgIpc) is 2.71. The number of nitrogens with one attached hydrogen (secondary N) is 1. The molecule has 1 saturated carbocycles. The standard InChI is InChI=1S/C22H27NO6/c1-13-17-8-7-16(28-2)11-19(17)29-22(27)18(13)9-10-20(24)23-12-14-3-5-15(6-4-14)21(25)26/h7-8,11,14-15H,3-6,9-10,12H2,1-2H3,(H,23,24)(H,25,26)/p-1. The molecule has 0 saturated heterocycles. The van der Waals surface area contributed by atoms with Crippen molar-refractivity contribution in [3.63, 3.8) is 0 Å². The van der Waals surface area contributed by atoms with Crippen molar-refractivity contribution in [3.8, 4) is 5.75 Å². The summed E-state index contributed by atoms with van der Waals surface area (Å²) in [5.74, 6) is -0.564. The van der Waals surface area contributed by atoms with Crippen LogP contribution in [0, 0.1) is 18.8 Å².